The summed E-state index contributed by atoms with van der Waals surface area (Å²) in [7, 11) is 1.71. The molecule has 3 heteroatoms. The maximum atomic E-state index is 5.45. The Hall–Kier alpha value is -1.22. The summed E-state index contributed by atoms with van der Waals surface area (Å²) < 4.78 is 5.36. The lowest BCUT2D eigenvalue weighted by Gasteiger charge is -2.14. The van der Waals surface area contributed by atoms with Crippen LogP contribution in [0.5, 0.6) is 5.75 Å². The Balaban J connectivity index is 2.80. The molecule has 0 bridgehead atoms. The molecule has 1 aromatic rings. The van der Waals surface area contributed by atoms with Crippen LogP contribution in [0.1, 0.15) is 17.5 Å². The van der Waals surface area contributed by atoms with Gasteiger partial charge in [0.1, 0.15) is 5.75 Å². The van der Waals surface area contributed by atoms with E-state index in [1.807, 2.05) is 0 Å². The second-order valence-electron chi connectivity index (χ2n) is 3.66. The SMILES string of the molecule is COc1c(C)ccc(NCCCN)c1C. The number of benzene rings is 1. The molecule has 3 N–H and O–H groups in total. The second kappa shape index (κ2) is 5.61. The lowest BCUT2D eigenvalue weighted by Crippen LogP contribution is -2.09. The van der Waals surface area contributed by atoms with E-state index in [1.54, 1.807) is 7.11 Å². The summed E-state index contributed by atoms with van der Waals surface area (Å²) in [6, 6.07) is 4.15. The molecule has 0 unspecified atom stereocenters. The van der Waals surface area contributed by atoms with E-state index in [2.05, 4.69) is 31.3 Å². The minimum absolute atomic E-state index is 0.717. The van der Waals surface area contributed by atoms with Crippen LogP contribution in [0.25, 0.3) is 0 Å². The summed E-state index contributed by atoms with van der Waals surface area (Å²) in [5, 5.41) is 3.36. The van der Waals surface area contributed by atoms with E-state index in [0.29, 0.717) is 0 Å². The van der Waals surface area contributed by atoms with Gasteiger partial charge in [0, 0.05) is 17.8 Å². The van der Waals surface area contributed by atoms with Crippen LogP contribution >= 0.6 is 0 Å². The van der Waals surface area contributed by atoms with Crippen molar-refractivity contribution in [1.82, 2.24) is 0 Å². The molecular weight excluding hydrogens is 188 g/mol. The largest absolute Gasteiger partial charge is 0.496 e. The molecule has 1 rings (SSSR count). The maximum absolute atomic E-state index is 5.45. The highest BCUT2D eigenvalue weighted by Gasteiger charge is 2.06. The van der Waals surface area contributed by atoms with Crippen molar-refractivity contribution in [2.75, 3.05) is 25.5 Å². The van der Waals surface area contributed by atoms with Crippen molar-refractivity contribution in [3.8, 4) is 5.75 Å². The minimum Gasteiger partial charge on any atom is -0.496 e. The lowest BCUT2D eigenvalue weighted by molar-refractivity contribution is 0.409. The molecule has 0 spiro atoms. The minimum atomic E-state index is 0.717. The zero-order valence-corrected chi connectivity index (χ0v) is 9.76. The fraction of sp³-hybridized carbons (Fsp3) is 0.500. The molecule has 0 saturated heterocycles. The van der Waals surface area contributed by atoms with E-state index >= 15 is 0 Å². The molecule has 1 aromatic carbocycles. The molecule has 3 nitrogen and oxygen atoms in total. The number of hydrogen-bond donors (Lipinski definition) is 2. The summed E-state index contributed by atoms with van der Waals surface area (Å²) in [4.78, 5) is 0. The van der Waals surface area contributed by atoms with Gasteiger partial charge in [0.15, 0.2) is 0 Å². The Morgan fingerprint density at radius 2 is 2.07 bits per heavy atom. The molecule has 0 aliphatic rings. The molecule has 0 aromatic heterocycles. The molecule has 15 heavy (non-hydrogen) atoms. The van der Waals surface area contributed by atoms with Crippen LogP contribution in [0.3, 0.4) is 0 Å². The van der Waals surface area contributed by atoms with Gasteiger partial charge in [-0.05, 0) is 38.4 Å². The van der Waals surface area contributed by atoms with Crippen molar-refractivity contribution in [2.45, 2.75) is 20.3 Å². The van der Waals surface area contributed by atoms with Crippen LogP contribution in [0.2, 0.25) is 0 Å². The standard InChI is InChI=1S/C12H20N2O/c1-9-5-6-11(14-8-4-7-13)10(2)12(9)15-3/h5-6,14H,4,7-8,13H2,1-3H3. The highest BCUT2D eigenvalue weighted by Crippen LogP contribution is 2.28. The highest BCUT2D eigenvalue weighted by atomic mass is 16.5. The van der Waals surface area contributed by atoms with Crippen LogP contribution in [0, 0.1) is 13.8 Å². The van der Waals surface area contributed by atoms with Crippen molar-refractivity contribution in [2.24, 2.45) is 5.73 Å². The van der Waals surface area contributed by atoms with Crippen LogP contribution in [0.15, 0.2) is 12.1 Å². The fourth-order valence-corrected chi connectivity index (χ4v) is 1.66. The van der Waals surface area contributed by atoms with Gasteiger partial charge >= 0.3 is 0 Å². The molecule has 0 fully saturated rings. The zero-order valence-electron chi connectivity index (χ0n) is 9.76. The predicted molar refractivity (Wildman–Crippen MR) is 64.6 cm³/mol. The second-order valence-corrected chi connectivity index (χ2v) is 3.66. The Kier molecular flexibility index (Phi) is 4.43. The predicted octanol–water partition coefficient (Wildman–Crippen LogP) is 2.07. The first-order chi connectivity index (χ1) is 7.20. The Bertz CT molecular complexity index is 324. The number of hydrogen-bond acceptors (Lipinski definition) is 3. The van der Waals surface area contributed by atoms with Gasteiger partial charge in [-0.1, -0.05) is 6.07 Å². The molecular formula is C12H20N2O. The molecule has 0 atom stereocenters. The fourth-order valence-electron chi connectivity index (χ4n) is 1.66. The molecule has 0 aliphatic carbocycles. The first-order valence-corrected chi connectivity index (χ1v) is 5.28. The molecule has 84 valence electrons. The first-order valence-electron chi connectivity index (χ1n) is 5.28. The molecule has 0 amide bonds. The van der Waals surface area contributed by atoms with E-state index in [0.717, 1.165) is 36.5 Å². The average molecular weight is 208 g/mol. The van der Waals surface area contributed by atoms with Crippen LogP contribution < -0.4 is 15.8 Å². The average Bonchev–Trinajstić information content (AvgIpc) is 2.22. The first kappa shape index (κ1) is 11.9. The molecule has 0 heterocycles. The summed E-state index contributed by atoms with van der Waals surface area (Å²) in [5.74, 6) is 0.966. The normalized spacial score (nSPS) is 10.1. The van der Waals surface area contributed by atoms with Crippen molar-refractivity contribution in [1.29, 1.82) is 0 Å². The summed E-state index contributed by atoms with van der Waals surface area (Å²) in [6.45, 7) is 5.74. The van der Waals surface area contributed by atoms with Gasteiger partial charge in [0.05, 0.1) is 7.11 Å². The summed E-state index contributed by atoms with van der Waals surface area (Å²) in [6.07, 6.45) is 0.982. The number of methoxy groups -OCH3 is 1. The van der Waals surface area contributed by atoms with Crippen molar-refractivity contribution < 1.29 is 4.74 Å². The van der Waals surface area contributed by atoms with Gasteiger partial charge in [-0.25, -0.2) is 0 Å². The summed E-state index contributed by atoms with van der Waals surface area (Å²) in [5.41, 5.74) is 8.90. The lowest BCUT2D eigenvalue weighted by atomic mass is 10.1. The molecule has 0 saturated carbocycles. The topological polar surface area (TPSA) is 47.3 Å². The van der Waals surface area contributed by atoms with Crippen molar-refractivity contribution in [3.63, 3.8) is 0 Å². The third kappa shape index (κ3) is 2.86. The monoisotopic (exact) mass is 208 g/mol. The summed E-state index contributed by atoms with van der Waals surface area (Å²) >= 11 is 0. The van der Waals surface area contributed by atoms with Crippen molar-refractivity contribution >= 4 is 5.69 Å². The Morgan fingerprint density at radius 1 is 1.33 bits per heavy atom. The third-order valence-corrected chi connectivity index (χ3v) is 2.50. The van der Waals surface area contributed by atoms with E-state index in [9.17, 15) is 0 Å². The number of rotatable bonds is 5. The number of anilines is 1. The van der Waals surface area contributed by atoms with E-state index in [4.69, 9.17) is 10.5 Å². The van der Waals surface area contributed by atoms with Gasteiger partial charge < -0.3 is 15.8 Å². The van der Waals surface area contributed by atoms with Gasteiger partial charge in [0.25, 0.3) is 0 Å². The number of aryl methyl sites for hydroxylation is 1. The maximum Gasteiger partial charge on any atom is 0.126 e. The Morgan fingerprint density at radius 3 is 2.67 bits per heavy atom. The smallest absolute Gasteiger partial charge is 0.126 e. The van der Waals surface area contributed by atoms with Gasteiger partial charge in [-0.3, -0.25) is 0 Å². The zero-order chi connectivity index (χ0) is 11.3. The molecule has 0 radical (unpaired) electrons. The van der Waals surface area contributed by atoms with Crippen LogP contribution in [0.4, 0.5) is 5.69 Å². The number of nitrogens with two attached hydrogens (primary N) is 1. The number of ether oxygens (including phenoxy) is 1. The number of nitrogens with one attached hydrogen (secondary N) is 1. The Labute approximate surface area is 91.6 Å². The van der Waals surface area contributed by atoms with Crippen molar-refractivity contribution in [3.05, 3.63) is 23.3 Å². The van der Waals surface area contributed by atoms with Gasteiger partial charge in [-0.2, -0.15) is 0 Å². The van der Waals surface area contributed by atoms with E-state index in [-0.39, 0.29) is 0 Å². The van der Waals surface area contributed by atoms with Crippen LogP contribution in [-0.2, 0) is 0 Å². The van der Waals surface area contributed by atoms with E-state index < -0.39 is 0 Å². The molecule has 0 aliphatic heterocycles. The third-order valence-electron chi connectivity index (χ3n) is 2.50. The van der Waals surface area contributed by atoms with E-state index in [1.165, 1.54) is 5.56 Å². The van der Waals surface area contributed by atoms with Gasteiger partial charge in [0.2, 0.25) is 0 Å². The highest BCUT2D eigenvalue weighted by molar-refractivity contribution is 5.59. The quantitative estimate of drug-likeness (QED) is 0.728. The van der Waals surface area contributed by atoms with Crippen LogP contribution in [-0.4, -0.2) is 20.2 Å². The van der Waals surface area contributed by atoms with Gasteiger partial charge in [-0.15, -0.1) is 0 Å².